The average Bonchev–Trinajstić information content (AvgIpc) is 2.81. The molecule has 1 aromatic heterocycles. The molecule has 114 valence electrons. The Hall–Kier alpha value is -0.910. The van der Waals surface area contributed by atoms with E-state index in [0.717, 1.165) is 25.1 Å². The van der Waals surface area contributed by atoms with Gasteiger partial charge in [0.2, 0.25) is 0 Å². The summed E-state index contributed by atoms with van der Waals surface area (Å²) < 4.78 is 19.6. The zero-order chi connectivity index (χ0) is 15.2. The van der Waals surface area contributed by atoms with Gasteiger partial charge in [-0.1, -0.05) is 6.92 Å². The largest absolute Gasteiger partial charge is 0.489 e. The quantitative estimate of drug-likeness (QED) is 0.688. The Morgan fingerprint density at radius 1 is 1.33 bits per heavy atom. The van der Waals surface area contributed by atoms with E-state index in [1.165, 1.54) is 15.8 Å². The molecule has 0 fully saturated rings. The van der Waals surface area contributed by atoms with Crippen molar-refractivity contribution in [2.75, 3.05) is 6.54 Å². The van der Waals surface area contributed by atoms with Gasteiger partial charge in [0.05, 0.1) is 4.47 Å². The summed E-state index contributed by atoms with van der Waals surface area (Å²) in [5.74, 6) is 0.242. The normalized spacial score (nSPS) is 10.9. The minimum Gasteiger partial charge on any atom is -0.489 e. The Morgan fingerprint density at radius 3 is 2.86 bits per heavy atom. The van der Waals surface area contributed by atoms with Crippen molar-refractivity contribution in [3.63, 3.8) is 0 Å². The van der Waals surface area contributed by atoms with Gasteiger partial charge in [-0.2, -0.15) is 0 Å². The molecule has 0 aliphatic rings. The van der Waals surface area contributed by atoms with Crippen molar-refractivity contribution in [3.8, 4) is 5.75 Å². The average molecular weight is 372 g/mol. The van der Waals surface area contributed by atoms with Crippen molar-refractivity contribution in [1.82, 2.24) is 5.32 Å². The predicted octanol–water partition coefficient (Wildman–Crippen LogP) is 5.04. The van der Waals surface area contributed by atoms with Crippen LogP contribution in [0.15, 0.2) is 28.7 Å². The van der Waals surface area contributed by atoms with Crippen molar-refractivity contribution in [2.45, 2.75) is 33.4 Å². The molecule has 1 heterocycles. The van der Waals surface area contributed by atoms with E-state index in [0.29, 0.717) is 16.8 Å². The van der Waals surface area contributed by atoms with Crippen LogP contribution in [0.5, 0.6) is 5.75 Å². The van der Waals surface area contributed by atoms with Crippen LogP contribution < -0.4 is 10.1 Å². The maximum Gasteiger partial charge on any atom is 0.141 e. The first-order chi connectivity index (χ1) is 10.1. The summed E-state index contributed by atoms with van der Waals surface area (Å²) >= 11 is 4.92. The van der Waals surface area contributed by atoms with E-state index in [1.54, 1.807) is 23.5 Å². The SMILES string of the molecule is CCCNCc1cc(COc2ccc(Br)c(F)c2)c(C)s1. The van der Waals surface area contributed by atoms with E-state index in [2.05, 4.69) is 41.2 Å². The highest BCUT2D eigenvalue weighted by molar-refractivity contribution is 9.10. The van der Waals surface area contributed by atoms with E-state index in [4.69, 9.17) is 4.74 Å². The van der Waals surface area contributed by atoms with E-state index in [-0.39, 0.29) is 5.82 Å². The van der Waals surface area contributed by atoms with Crippen LogP contribution in [0.4, 0.5) is 4.39 Å². The zero-order valence-electron chi connectivity index (χ0n) is 12.2. The second kappa shape index (κ2) is 7.92. The molecule has 0 saturated heterocycles. The van der Waals surface area contributed by atoms with Crippen LogP contribution >= 0.6 is 27.3 Å². The first-order valence-corrected chi connectivity index (χ1v) is 8.58. The molecule has 0 amide bonds. The number of halogens is 2. The number of hydrogen-bond acceptors (Lipinski definition) is 3. The fourth-order valence-electron chi connectivity index (χ4n) is 1.93. The molecule has 0 atom stereocenters. The number of hydrogen-bond donors (Lipinski definition) is 1. The Morgan fingerprint density at radius 2 is 2.14 bits per heavy atom. The van der Waals surface area contributed by atoms with Crippen molar-refractivity contribution < 1.29 is 9.13 Å². The predicted molar refractivity (Wildman–Crippen MR) is 89.5 cm³/mol. The maximum absolute atomic E-state index is 13.4. The Bertz CT molecular complexity index is 600. The molecule has 0 unspecified atom stereocenters. The monoisotopic (exact) mass is 371 g/mol. The standard InChI is InChI=1S/C16H19BrFNOS/c1-3-6-19-9-14-7-12(11(2)21-14)10-20-13-4-5-15(17)16(18)8-13/h4-5,7-8,19H,3,6,9-10H2,1-2H3. The Labute approximate surface area is 137 Å². The van der Waals surface area contributed by atoms with E-state index < -0.39 is 0 Å². The van der Waals surface area contributed by atoms with Crippen molar-refractivity contribution in [3.05, 3.63) is 49.9 Å². The first kappa shape index (κ1) is 16.5. The van der Waals surface area contributed by atoms with Crippen molar-refractivity contribution in [1.29, 1.82) is 0 Å². The van der Waals surface area contributed by atoms with Gasteiger partial charge in [-0.15, -0.1) is 11.3 Å². The molecular formula is C16H19BrFNOS. The maximum atomic E-state index is 13.4. The van der Waals surface area contributed by atoms with Gasteiger partial charge in [0.15, 0.2) is 0 Å². The fraction of sp³-hybridized carbons (Fsp3) is 0.375. The second-order valence-electron chi connectivity index (χ2n) is 4.84. The number of ether oxygens (including phenoxy) is 1. The molecule has 2 aromatic rings. The molecule has 0 aliphatic carbocycles. The van der Waals surface area contributed by atoms with Crippen molar-refractivity contribution >= 4 is 27.3 Å². The zero-order valence-corrected chi connectivity index (χ0v) is 14.6. The summed E-state index contributed by atoms with van der Waals surface area (Å²) in [5, 5.41) is 3.39. The van der Waals surface area contributed by atoms with Crippen LogP contribution in [0, 0.1) is 12.7 Å². The summed E-state index contributed by atoms with van der Waals surface area (Å²) in [7, 11) is 0. The third-order valence-electron chi connectivity index (χ3n) is 3.08. The summed E-state index contributed by atoms with van der Waals surface area (Å²) in [6, 6.07) is 6.98. The van der Waals surface area contributed by atoms with Crippen LogP contribution in [0.2, 0.25) is 0 Å². The third kappa shape index (κ3) is 4.80. The molecule has 5 heteroatoms. The highest BCUT2D eigenvalue weighted by Crippen LogP contribution is 2.25. The molecule has 0 saturated carbocycles. The first-order valence-electron chi connectivity index (χ1n) is 6.97. The van der Waals surface area contributed by atoms with E-state index in [9.17, 15) is 4.39 Å². The number of nitrogens with one attached hydrogen (secondary N) is 1. The van der Waals surface area contributed by atoms with Gasteiger partial charge in [-0.05, 0) is 54.0 Å². The van der Waals surface area contributed by atoms with Crippen LogP contribution in [0.3, 0.4) is 0 Å². The van der Waals surface area contributed by atoms with Gasteiger partial charge >= 0.3 is 0 Å². The van der Waals surface area contributed by atoms with E-state index >= 15 is 0 Å². The lowest BCUT2D eigenvalue weighted by Gasteiger charge is -2.06. The number of benzene rings is 1. The Kier molecular flexibility index (Phi) is 6.21. The van der Waals surface area contributed by atoms with Crippen LogP contribution in [-0.4, -0.2) is 6.54 Å². The van der Waals surface area contributed by atoms with Gasteiger partial charge in [-0.3, -0.25) is 0 Å². The molecule has 2 nitrogen and oxygen atoms in total. The van der Waals surface area contributed by atoms with Crippen LogP contribution in [0.1, 0.15) is 28.7 Å². The lowest BCUT2D eigenvalue weighted by atomic mass is 10.2. The molecular weight excluding hydrogens is 353 g/mol. The fourth-order valence-corrected chi connectivity index (χ4v) is 3.20. The van der Waals surface area contributed by atoms with Gasteiger partial charge in [0.1, 0.15) is 18.2 Å². The van der Waals surface area contributed by atoms with Gasteiger partial charge in [0.25, 0.3) is 0 Å². The molecule has 0 aliphatic heterocycles. The third-order valence-corrected chi connectivity index (χ3v) is 4.82. The van der Waals surface area contributed by atoms with Crippen LogP contribution in [-0.2, 0) is 13.2 Å². The van der Waals surface area contributed by atoms with Gasteiger partial charge in [0, 0.05) is 27.9 Å². The van der Waals surface area contributed by atoms with Crippen molar-refractivity contribution in [2.24, 2.45) is 0 Å². The molecule has 1 N–H and O–H groups in total. The molecule has 21 heavy (non-hydrogen) atoms. The minimum absolute atomic E-state index is 0.306. The minimum atomic E-state index is -0.306. The number of aryl methyl sites for hydroxylation is 1. The second-order valence-corrected chi connectivity index (χ2v) is 7.03. The van der Waals surface area contributed by atoms with E-state index in [1.807, 2.05) is 0 Å². The smallest absolute Gasteiger partial charge is 0.141 e. The molecule has 0 bridgehead atoms. The van der Waals surface area contributed by atoms with Gasteiger partial charge < -0.3 is 10.1 Å². The summed E-state index contributed by atoms with van der Waals surface area (Å²) in [4.78, 5) is 2.56. The highest BCUT2D eigenvalue weighted by atomic mass is 79.9. The van der Waals surface area contributed by atoms with Gasteiger partial charge in [-0.25, -0.2) is 4.39 Å². The Balaban J connectivity index is 1.94. The lowest BCUT2D eigenvalue weighted by Crippen LogP contribution is -2.12. The lowest BCUT2D eigenvalue weighted by molar-refractivity contribution is 0.304. The molecule has 2 rings (SSSR count). The summed E-state index contributed by atoms with van der Waals surface area (Å²) in [5.41, 5.74) is 1.16. The summed E-state index contributed by atoms with van der Waals surface area (Å²) in [6.07, 6.45) is 1.13. The highest BCUT2D eigenvalue weighted by Gasteiger charge is 2.07. The molecule has 0 spiro atoms. The number of rotatable bonds is 7. The molecule has 1 aromatic carbocycles. The van der Waals surface area contributed by atoms with Crippen LogP contribution in [0.25, 0.3) is 0 Å². The summed E-state index contributed by atoms with van der Waals surface area (Å²) in [6.45, 7) is 6.64. The molecule has 0 radical (unpaired) electrons. The number of thiophene rings is 1. The topological polar surface area (TPSA) is 21.3 Å².